The Kier molecular flexibility index (Phi) is 6.99. The van der Waals surface area contributed by atoms with Gasteiger partial charge in [0.15, 0.2) is 11.3 Å². The third-order valence-corrected chi connectivity index (χ3v) is 5.98. The number of hydrogen-bond acceptors (Lipinski definition) is 5. The third-order valence-electron chi connectivity index (χ3n) is 5.98. The predicted molar refractivity (Wildman–Crippen MR) is 124 cm³/mol. The minimum atomic E-state index is -5.02. The van der Waals surface area contributed by atoms with E-state index in [2.05, 4.69) is 10.3 Å². The van der Waals surface area contributed by atoms with Crippen molar-refractivity contribution in [3.63, 3.8) is 0 Å². The zero-order valence-electron chi connectivity index (χ0n) is 19.6. The lowest BCUT2D eigenvalue weighted by Gasteiger charge is -2.38. The molecule has 3 N–H and O–H groups in total. The average molecular weight is 494 g/mol. The minimum Gasteiger partial charge on any atom is -0.496 e. The van der Waals surface area contributed by atoms with Crippen LogP contribution in [-0.4, -0.2) is 46.6 Å². The topological polar surface area (TPSA) is 91.7 Å². The second kappa shape index (κ2) is 9.33. The average Bonchev–Trinajstić information content (AvgIpc) is 2.76. The highest BCUT2D eigenvalue weighted by molar-refractivity contribution is 5.96. The van der Waals surface area contributed by atoms with Crippen molar-refractivity contribution in [2.24, 2.45) is 0 Å². The second-order valence-corrected chi connectivity index (χ2v) is 9.12. The Balaban J connectivity index is 1.97. The molecule has 0 aliphatic rings. The van der Waals surface area contributed by atoms with Gasteiger partial charge in [0.25, 0.3) is 0 Å². The highest BCUT2D eigenvalue weighted by atomic mass is 19.4. The first-order valence-electron chi connectivity index (χ1n) is 10.7. The number of carboxylic acid groups (broad SMARTS) is 1. The maximum atomic E-state index is 14.2. The van der Waals surface area contributed by atoms with Crippen molar-refractivity contribution >= 4 is 22.6 Å². The van der Waals surface area contributed by atoms with Gasteiger partial charge < -0.3 is 20.3 Å². The van der Waals surface area contributed by atoms with Crippen LogP contribution in [0.5, 0.6) is 5.75 Å². The van der Waals surface area contributed by atoms with Crippen LogP contribution in [0.25, 0.3) is 10.9 Å². The second-order valence-electron chi connectivity index (χ2n) is 9.12. The summed E-state index contributed by atoms with van der Waals surface area (Å²) in [6, 6.07) is 9.66. The Morgan fingerprint density at radius 1 is 1.14 bits per heavy atom. The number of fused-ring (bicyclic) bond motifs is 1. The van der Waals surface area contributed by atoms with E-state index in [4.69, 9.17) is 4.74 Å². The molecule has 0 fully saturated rings. The number of aromatic nitrogens is 1. The van der Waals surface area contributed by atoms with Crippen molar-refractivity contribution < 1.29 is 37.3 Å². The van der Waals surface area contributed by atoms with Crippen LogP contribution in [-0.2, 0) is 5.41 Å². The fourth-order valence-corrected chi connectivity index (χ4v) is 4.21. The van der Waals surface area contributed by atoms with Gasteiger partial charge in [-0.05, 0) is 60.7 Å². The number of carboxylic acids is 1. The van der Waals surface area contributed by atoms with Crippen LogP contribution in [0.3, 0.4) is 0 Å². The molecule has 0 aliphatic carbocycles. The van der Waals surface area contributed by atoms with Crippen molar-refractivity contribution in [3.8, 4) is 5.75 Å². The van der Waals surface area contributed by atoms with Gasteiger partial charge in [-0.2, -0.15) is 13.2 Å². The van der Waals surface area contributed by atoms with Gasteiger partial charge in [-0.25, -0.2) is 14.2 Å². The van der Waals surface area contributed by atoms with Crippen molar-refractivity contribution in [1.29, 1.82) is 0 Å². The first kappa shape index (κ1) is 26.2. The molecule has 1 aromatic heterocycles. The van der Waals surface area contributed by atoms with Gasteiger partial charge in [0.2, 0.25) is 0 Å². The van der Waals surface area contributed by atoms with Gasteiger partial charge in [0.1, 0.15) is 11.6 Å². The number of nitrogens with zero attached hydrogens (tertiary/aromatic N) is 1. The molecular formula is C25H26F4N2O4. The molecule has 1 unspecified atom stereocenters. The largest absolute Gasteiger partial charge is 0.496 e. The summed E-state index contributed by atoms with van der Waals surface area (Å²) in [6.45, 7) is 3.57. The van der Waals surface area contributed by atoms with Crippen LogP contribution in [0.1, 0.15) is 41.9 Å². The smallest absolute Gasteiger partial charge is 0.418 e. The molecule has 0 aliphatic heterocycles. The highest BCUT2D eigenvalue weighted by Gasteiger charge is 2.56. The molecule has 0 radical (unpaired) electrons. The zero-order chi connectivity index (χ0) is 26.2. The summed E-state index contributed by atoms with van der Waals surface area (Å²) in [5, 5.41) is 23.2. The van der Waals surface area contributed by atoms with E-state index in [9.17, 15) is 32.6 Å². The van der Waals surface area contributed by atoms with E-state index in [1.807, 2.05) is 0 Å². The quantitative estimate of drug-likeness (QED) is 0.360. The van der Waals surface area contributed by atoms with Crippen molar-refractivity contribution in [2.75, 3.05) is 19.0 Å². The summed E-state index contributed by atoms with van der Waals surface area (Å²) < 4.78 is 61.6. The number of aliphatic hydroxyl groups is 1. The number of nitrogens with one attached hydrogen (secondary N) is 1. The standard InChI is InChI=1S/C25H26F4N2O4/c1-14-10-16-18(6-5-7-19(16)31-21(14)22(32)33)30-13-24(34,25(27,28)29)12-23(2,3)17-11-15(26)8-9-20(17)35-4/h5-11,30,34H,12-13H2,1-4H3,(H,32,33). The van der Waals surface area contributed by atoms with Gasteiger partial charge in [-0.3, -0.25) is 0 Å². The number of benzene rings is 2. The number of ether oxygens (including phenoxy) is 1. The number of hydrogen-bond donors (Lipinski definition) is 3. The molecule has 2 aromatic carbocycles. The molecule has 6 nitrogen and oxygen atoms in total. The fraction of sp³-hybridized carbons (Fsp3) is 0.360. The number of aromatic carboxylic acids is 1. The van der Waals surface area contributed by atoms with Gasteiger partial charge >= 0.3 is 12.1 Å². The number of anilines is 1. The number of methoxy groups -OCH3 is 1. The van der Waals surface area contributed by atoms with Crippen molar-refractivity contribution in [2.45, 2.75) is 44.4 Å². The monoisotopic (exact) mass is 494 g/mol. The van der Waals surface area contributed by atoms with Crippen molar-refractivity contribution in [1.82, 2.24) is 4.98 Å². The van der Waals surface area contributed by atoms with Crippen LogP contribution in [0, 0.1) is 12.7 Å². The number of rotatable bonds is 8. The number of alkyl halides is 3. The summed E-state index contributed by atoms with van der Waals surface area (Å²) >= 11 is 0. The molecular weight excluding hydrogens is 468 g/mol. The lowest BCUT2D eigenvalue weighted by atomic mass is 9.74. The molecule has 3 rings (SSSR count). The zero-order valence-corrected chi connectivity index (χ0v) is 19.6. The van der Waals surface area contributed by atoms with E-state index in [1.54, 1.807) is 6.07 Å². The molecule has 35 heavy (non-hydrogen) atoms. The van der Waals surface area contributed by atoms with Crippen molar-refractivity contribution in [3.05, 3.63) is 65.1 Å². The van der Waals surface area contributed by atoms with E-state index in [-0.39, 0.29) is 28.2 Å². The number of carbonyl (C=O) groups is 1. The first-order chi connectivity index (χ1) is 16.2. The fourth-order valence-electron chi connectivity index (χ4n) is 4.21. The summed E-state index contributed by atoms with van der Waals surface area (Å²) in [6.07, 6.45) is -5.81. The number of aryl methyl sites for hydroxylation is 1. The third kappa shape index (κ3) is 5.32. The first-order valence-corrected chi connectivity index (χ1v) is 10.7. The molecule has 188 valence electrons. The van der Waals surface area contributed by atoms with Crippen LogP contribution in [0.2, 0.25) is 0 Å². The van der Waals surface area contributed by atoms with Gasteiger partial charge in [-0.1, -0.05) is 19.9 Å². The molecule has 1 heterocycles. The molecule has 0 amide bonds. The molecule has 0 saturated carbocycles. The maximum absolute atomic E-state index is 14.2. The van der Waals surface area contributed by atoms with E-state index in [0.29, 0.717) is 10.9 Å². The Morgan fingerprint density at radius 2 is 1.83 bits per heavy atom. The molecule has 0 bridgehead atoms. The molecule has 0 saturated heterocycles. The Labute approximate surface area is 199 Å². The summed E-state index contributed by atoms with van der Waals surface area (Å²) in [7, 11) is 1.33. The van der Waals surface area contributed by atoms with E-state index in [0.717, 1.165) is 12.1 Å². The Morgan fingerprint density at radius 3 is 2.43 bits per heavy atom. The van der Waals surface area contributed by atoms with E-state index in [1.165, 1.54) is 52.1 Å². The molecule has 3 aromatic rings. The number of halogens is 4. The maximum Gasteiger partial charge on any atom is 0.418 e. The van der Waals surface area contributed by atoms with Crippen LogP contribution < -0.4 is 10.1 Å². The lowest BCUT2D eigenvalue weighted by molar-refractivity contribution is -0.260. The SMILES string of the molecule is COc1ccc(F)cc1C(C)(C)CC(O)(CNc1cccc2nc(C(=O)O)c(C)cc12)C(F)(F)F. The van der Waals surface area contributed by atoms with Gasteiger partial charge in [0, 0.05) is 16.6 Å². The Hall–Kier alpha value is -3.40. The van der Waals surface area contributed by atoms with Crippen LogP contribution >= 0.6 is 0 Å². The predicted octanol–water partition coefficient (Wildman–Crippen LogP) is 5.46. The number of pyridine rings is 1. The minimum absolute atomic E-state index is 0.160. The molecule has 0 spiro atoms. The molecule has 1 atom stereocenters. The lowest BCUT2D eigenvalue weighted by Crippen LogP contribution is -2.53. The van der Waals surface area contributed by atoms with E-state index < -0.39 is 41.9 Å². The summed E-state index contributed by atoms with van der Waals surface area (Å²) in [5.74, 6) is -1.65. The van der Waals surface area contributed by atoms with E-state index >= 15 is 0 Å². The summed E-state index contributed by atoms with van der Waals surface area (Å²) in [5.41, 5.74) is -3.63. The molecule has 10 heteroatoms. The highest BCUT2D eigenvalue weighted by Crippen LogP contribution is 2.44. The van der Waals surface area contributed by atoms with Gasteiger partial charge in [-0.15, -0.1) is 0 Å². The summed E-state index contributed by atoms with van der Waals surface area (Å²) in [4.78, 5) is 15.4. The Bertz CT molecular complexity index is 1260. The normalized spacial score (nSPS) is 14.0. The van der Waals surface area contributed by atoms with Crippen LogP contribution in [0.15, 0.2) is 42.5 Å². The van der Waals surface area contributed by atoms with Gasteiger partial charge in [0.05, 0.1) is 19.2 Å². The van der Waals surface area contributed by atoms with Crippen LogP contribution in [0.4, 0.5) is 23.2 Å².